The maximum atomic E-state index is 14.9. The van der Waals surface area contributed by atoms with Crippen molar-refractivity contribution in [1.82, 2.24) is 10.1 Å². The van der Waals surface area contributed by atoms with E-state index in [1.807, 2.05) is 0 Å². The standard InChI is InChI=1S/C16H15F4N3O3/c17-15(12-9-13(21)26-22-12)5-7-23(8-6-15)14(24)10-1-3-11(4-2-10)25-16(18,19)20/h1-4,9H,5-8,21H2. The number of benzene rings is 1. The van der Waals surface area contributed by atoms with Gasteiger partial charge in [-0.05, 0) is 24.3 Å². The van der Waals surface area contributed by atoms with Crippen molar-refractivity contribution in [2.24, 2.45) is 0 Å². The number of likely N-dealkylation sites (tertiary alicyclic amines) is 1. The van der Waals surface area contributed by atoms with E-state index >= 15 is 0 Å². The number of amides is 1. The molecule has 0 bridgehead atoms. The number of aromatic nitrogens is 1. The van der Waals surface area contributed by atoms with Crippen molar-refractivity contribution in [3.05, 3.63) is 41.6 Å². The van der Waals surface area contributed by atoms with Crippen molar-refractivity contribution in [3.63, 3.8) is 0 Å². The summed E-state index contributed by atoms with van der Waals surface area (Å²) in [7, 11) is 0. The molecule has 1 saturated heterocycles. The Kier molecular flexibility index (Phi) is 4.51. The van der Waals surface area contributed by atoms with Crippen LogP contribution in [-0.2, 0) is 5.67 Å². The van der Waals surface area contributed by atoms with Gasteiger partial charge in [-0.2, -0.15) is 0 Å². The van der Waals surface area contributed by atoms with Crippen LogP contribution in [0.25, 0.3) is 0 Å². The molecule has 1 aliphatic heterocycles. The second-order valence-corrected chi connectivity index (χ2v) is 5.94. The Morgan fingerprint density at radius 1 is 1.23 bits per heavy atom. The third-order valence-electron chi connectivity index (χ3n) is 4.17. The number of nitrogens with two attached hydrogens (primary N) is 1. The Bertz CT molecular complexity index is 781. The van der Waals surface area contributed by atoms with Gasteiger partial charge in [0.15, 0.2) is 5.67 Å². The van der Waals surface area contributed by atoms with Gasteiger partial charge in [-0.15, -0.1) is 13.2 Å². The molecule has 6 nitrogen and oxygen atoms in total. The molecule has 0 spiro atoms. The lowest BCUT2D eigenvalue weighted by atomic mass is 9.90. The summed E-state index contributed by atoms with van der Waals surface area (Å²) in [6, 6.07) is 5.90. The Hall–Kier alpha value is -2.78. The highest BCUT2D eigenvalue weighted by Gasteiger charge is 2.40. The average molecular weight is 373 g/mol. The molecule has 1 fully saturated rings. The Morgan fingerprint density at radius 2 is 1.85 bits per heavy atom. The average Bonchev–Trinajstić information content (AvgIpc) is 3.02. The first-order valence-corrected chi connectivity index (χ1v) is 7.73. The lowest BCUT2D eigenvalue weighted by Crippen LogP contribution is -2.43. The van der Waals surface area contributed by atoms with Crippen LogP contribution in [0.15, 0.2) is 34.9 Å². The SMILES string of the molecule is Nc1cc(C2(F)CCN(C(=O)c3ccc(OC(F)(F)F)cc3)CC2)no1. The number of halogens is 4. The number of piperidine rings is 1. The molecule has 140 valence electrons. The number of rotatable bonds is 3. The number of ether oxygens (including phenoxy) is 1. The zero-order valence-electron chi connectivity index (χ0n) is 13.4. The lowest BCUT2D eigenvalue weighted by Gasteiger charge is -2.35. The summed E-state index contributed by atoms with van der Waals surface area (Å²) in [5, 5.41) is 3.59. The molecule has 2 aromatic rings. The van der Waals surface area contributed by atoms with Crippen LogP contribution in [0.1, 0.15) is 28.9 Å². The number of anilines is 1. The second-order valence-electron chi connectivity index (χ2n) is 5.94. The summed E-state index contributed by atoms with van der Waals surface area (Å²) < 4.78 is 59.8. The van der Waals surface area contributed by atoms with Crippen molar-refractivity contribution in [1.29, 1.82) is 0 Å². The topological polar surface area (TPSA) is 81.6 Å². The number of alkyl halides is 4. The van der Waals surface area contributed by atoms with Crippen LogP contribution in [0.2, 0.25) is 0 Å². The molecule has 26 heavy (non-hydrogen) atoms. The number of nitrogens with zero attached hydrogens (tertiary/aromatic N) is 2. The normalized spacial score (nSPS) is 17.2. The first kappa shape index (κ1) is 18.0. The van der Waals surface area contributed by atoms with E-state index in [9.17, 15) is 22.4 Å². The van der Waals surface area contributed by atoms with E-state index in [4.69, 9.17) is 5.73 Å². The van der Waals surface area contributed by atoms with Gasteiger partial charge in [0.1, 0.15) is 11.4 Å². The zero-order valence-corrected chi connectivity index (χ0v) is 13.4. The van der Waals surface area contributed by atoms with Crippen molar-refractivity contribution >= 4 is 11.8 Å². The first-order chi connectivity index (χ1) is 12.2. The summed E-state index contributed by atoms with van der Waals surface area (Å²) >= 11 is 0. The molecule has 0 radical (unpaired) electrons. The van der Waals surface area contributed by atoms with Gasteiger partial charge in [-0.25, -0.2) is 4.39 Å². The quantitative estimate of drug-likeness (QED) is 0.836. The molecule has 1 aliphatic rings. The first-order valence-electron chi connectivity index (χ1n) is 7.73. The van der Waals surface area contributed by atoms with Gasteiger partial charge >= 0.3 is 6.36 Å². The fraction of sp³-hybridized carbons (Fsp3) is 0.375. The van der Waals surface area contributed by atoms with Gasteiger partial charge in [0.05, 0.1) is 0 Å². The molecule has 0 saturated carbocycles. The van der Waals surface area contributed by atoms with Gasteiger partial charge in [-0.1, -0.05) is 5.16 Å². The molecular formula is C16H15F4N3O3. The van der Waals surface area contributed by atoms with Crippen LogP contribution in [0.3, 0.4) is 0 Å². The number of hydrogen-bond acceptors (Lipinski definition) is 5. The summed E-state index contributed by atoms with van der Waals surface area (Å²) in [6.07, 6.45) is -4.77. The monoisotopic (exact) mass is 373 g/mol. The molecule has 0 atom stereocenters. The van der Waals surface area contributed by atoms with Gasteiger partial charge in [0, 0.05) is 37.6 Å². The third-order valence-corrected chi connectivity index (χ3v) is 4.17. The van der Waals surface area contributed by atoms with Crippen LogP contribution in [0, 0.1) is 0 Å². The summed E-state index contributed by atoms with van der Waals surface area (Å²) in [4.78, 5) is 13.9. The van der Waals surface area contributed by atoms with Crippen molar-refractivity contribution in [2.45, 2.75) is 24.9 Å². The van der Waals surface area contributed by atoms with Crippen LogP contribution < -0.4 is 10.5 Å². The van der Waals surface area contributed by atoms with E-state index in [2.05, 4.69) is 14.4 Å². The minimum absolute atomic E-state index is 0.0108. The summed E-state index contributed by atoms with van der Waals surface area (Å²) in [5.41, 5.74) is 3.96. The van der Waals surface area contributed by atoms with Gasteiger partial charge in [0.25, 0.3) is 5.91 Å². The van der Waals surface area contributed by atoms with Gasteiger partial charge in [-0.3, -0.25) is 4.79 Å². The number of carbonyl (C=O) groups is 1. The maximum Gasteiger partial charge on any atom is 0.573 e. The fourth-order valence-electron chi connectivity index (χ4n) is 2.80. The molecule has 1 aromatic carbocycles. The predicted octanol–water partition coefficient (Wildman–Crippen LogP) is 3.26. The molecular weight excluding hydrogens is 358 g/mol. The van der Waals surface area contributed by atoms with Crippen molar-refractivity contribution < 1.29 is 31.6 Å². The summed E-state index contributed by atoms with van der Waals surface area (Å²) in [6.45, 7) is 0.256. The minimum atomic E-state index is -4.80. The Morgan fingerprint density at radius 3 is 2.35 bits per heavy atom. The highest BCUT2D eigenvalue weighted by atomic mass is 19.4. The second kappa shape index (κ2) is 6.50. The van der Waals surface area contributed by atoms with E-state index in [1.165, 1.54) is 23.1 Å². The number of carbonyl (C=O) groups excluding carboxylic acids is 1. The molecule has 1 amide bonds. The molecule has 0 aliphatic carbocycles. The smallest absolute Gasteiger partial charge is 0.406 e. The summed E-state index contributed by atoms with van der Waals surface area (Å²) in [5.74, 6) is -0.805. The predicted molar refractivity (Wildman–Crippen MR) is 82.0 cm³/mol. The highest BCUT2D eigenvalue weighted by Crippen LogP contribution is 2.37. The van der Waals surface area contributed by atoms with Crippen LogP contribution in [0.4, 0.5) is 23.4 Å². The van der Waals surface area contributed by atoms with E-state index in [-0.39, 0.29) is 43.1 Å². The molecule has 10 heteroatoms. The maximum absolute atomic E-state index is 14.9. The molecule has 3 rings (SSSR count). The largest absolute Gasteiger partial charge is 0.573 e. The number of hydrogen-bond donors (Lipinski definition) is 1. The van der Waals surface area contributed by atoms with E-state index in [0.717, 1.165) is 12.1 Å². The van der Waals surface area contributed by atoms with Gasteiger partial charge < -0.3 is 19.9 Å². The van der Waals surface area contributed by atoms with Crippen molar-refractivity contribution in [2.75, 3.05) is 18.8 Å². The molecule has 2 heterocycles. The Labute approximate surface area is 145 Å². The lowest BCUT2D eigenvalue weighted by molar-refractivity contribution is -0.274. The van der Waals surface area contributed by atoms with Crippen molar-refractivity contribution in [3.8, 4) is 5.75 Å². The number of nitrogen functional groups attached to an aromatic ring is 1. The fourth-order valence-corrected chi connectivity index (χ4v) is 2.80. The Balaban J connectivity index is 1.63. The third kappa shape index (κ3) is 3.89. The molecule has 1 aromatic heterocycles. The minimum Gasteiger partial charge on any atom is -0.406 e. The zero-order chi connectivity index (χ0) is 18.9. The van der Waals surface area contributed by atoms with Gasteiger partial charge in [0.2, 0.25) is 5.88 Å². The van der Waals surface area contributed by atoms with Crippen LogP contribution in [0.5, 0.6) is 5.75 Å². The van der Waals surface area contributed by atoms with E-state index in [0.29, 0.717) is 0 Å². The van der Waals surface area contributed by atoms with Crippen LogP contribution >= 0.6 is 0 Å². The van der Waals surface area contributed by atoms with E-state index < -0.39 is 23.7 Å². The highest BCUT2D eigenvalue weighted by molar-refractivity contribution is 5.94. The van der Waals surface area contributed by atoms with E-state index in [1.54, 1.807) is 0 Å². The van der Waals surface area contributed by atoms with Crippen LogP contribution in [-0.4, -0.2) is 35.4 Å². The molecule has 2 N–H and O–H groups in total. The molecule has 0 unspecified atom stereocenters.